The number of nitrogens with zero attached hydrogens (tertiary/aromatic N) is 1. The van der Waals surface area contributed by atoms with E-state index >= 15 is 0 Å². The molecule has 0 atom stereocenters. The molecular formula is C18H24N2O4S2. The van der Waals surface area contributed by atoms with Crippen LogP contribution < -0.4 is 4.72 Å². The molecule has 0 saturated carbocycles. The Hall–Kier alpha value is -1.90. The molecule has 0 unspecified atom stereocenters. The van der Waals surface area contributed by atoms with E-state index in [-0.39, 0.29) is 9.79 Å². The molecule has 0 heterocycles. The summed E-state index contributed by atoms with van der Waals surface area (Å²) in [6.07, 6.45) is 0. The van der Waals surface area contributed by atoms with Gasteiger partial charge in [0.15, 0.2) is 0 Å². The summed E-state index contributed by atoms with van der Waals surface area (Å²) < 4.78 is 53.9. The highest BCUT2D eigenvalue weighted by Gasteiger charge is 2.22. The molecule has 2 rings (SSSR count). The Morgan fingerprint density at radius 3 is 1.85 bits per heavy atom. The van der Waals surface area contributed by atoms with E-state index in [0.29, 0.717) is 18.8 Å². The molecule has 0 amide bonds. The van der Waals surface area contributed by atoms with Crippen LogP contribution in [0, 0.1) is 13.8 Å². The van der Waals surface area contributed by atoms with E-state index in [9.17, 15) is 16.8 Å². The van der Waals surface area contributed by atoms with Crippen LogP contribution >= 0.6 is 0 Å². The second-order valence-electron chi connectivity index (χ2n) is 5.97. The Balaban J connectivity index is 2.30. The highest BCUT2D eigenvalue weighted by molar-refractivity contribution is 7.92. The Bertz CT molecular complexity index is 978. The Morgan fingerprint density at radius 2 is 1.35 bits per heavy atom. The maximum atomic E-state index is 12.5. The first-order valence-electron chi connectivity index (χ1n) is 8.32. The summed E-state index contributed by atoms with van der Waals surface area (Å²) in [5, 5.41) is 0. The molecule has 0 bridgehead atoms. The van der Waals surface area contributed by atoms with Crippen molar-refractivity contribution in [2.45, 2.75) is 37.5 Å². The third-order valence-electron chi connectivity index (χ3n) is 4.24. The van der Waals surface area contributed by atoms with Crippen molar-refractivity contribution in [2.75, 3.05) is 17.8 Å². The first kappa shape index (κ1) is 20.4. The van der Waals surface area contributed by atoms with Crippen LogP contribution in [0.4, 0.5) is 5.69 Å². The number of hydrogen-bond donors (Lipinski definition) is 1. The van der Waals surface area contributed by atoms with Crippen molar-refractivity contribution < 1.29 is 16.8 Å². The van der Waals surface area contributed by atoms with Crippen LogP contribution in [0.1, 0.15) is 25.0 Å². The van der Waals surface area contributed by atoms with Crippen LogP contribution in [0.2, 0.25) is 0 Å². The maximum absolute atomic E-state index is 12.5. The SMILES string of the molecule is CCN(CC)S(=O)(=O)c1ccc(S(=O)(=O)Nc2ccc(C)c(C)c2)cc1. The lowest BCUT2D eigenvalue weighted by Gasteiger charge is -2.18. The minimum Gasteiger partial charge on any atom is -0.280 e. The van der Waals surface area contributed by atoms with Gasteiger partial charge in [-0.15, -0.1) is 0 Å². The van der Waals surface area contributed by atoms with Gasteiger partial charge in [0.2, 0.25) is 10.0 Å². The van der Waals surface area contributed by atoms with Gasteiger partial charge in [0, 0.05) is 18.8 Å². The van der Waals surface area contributed by atoms with E-state index in [2.05, 4.69) is 4.72 Å². The van der Waals surface area contributed by atoms with Gasteiger partial charge in [0.05, 0.1) is 9.79 Å². The van der Waals surface area contributed by atoms with Crippen LogP contribution in [0.25, 0.3) is 0 Å². The molecule has 2 aromatic rings. The van der Waals surface area contributed by atoms with Crippen molar-refractivity contribution in [3.63, 3.8) is 0 Å². The zero-order valence-corrected chi connectivity index (χ0v) is 17.0. The van der Waals surface area contributed by atoms with E-state index < -0.39 is 20.0 Å². The van der Waals surface area contributed by atoms with Gasteiger partial charge in [-0.05, 0) is 61.4 Å². The molecule has 8 heteroatoms. The average Bonchev–Trinajstić information content (AvgIpc) is 2.59. The summed E-state index contributed by atoms with van der Waals surface area (Å²) in [5.74, 6) is 0. The monoisotopic (exact) mass is 396 g/mol. The van der Waals surface area contributed by atoms with Crippen LogP contribution in [-0.2, 0) is 20.0 Å². The number of anilines is 1. The highest BCUT2D eigenvalue weighted by atomic mass is 32.2. The average molecular weight is 397 g/mol. The van der Waals surface area contributed by atoms with Crippen molar-refractivity contribution >= 4 is 25.7 Å². The molecule has 0 fully saturated rings. The van der Waals surface area contributed by atoms with Crippen LogP contribution in [-0.4, -0.2) is 34.2 Å². The molecule has 0 saturated heterocycles. The van der Waals surface area contributed by atoms with Crippen LogP contribution in [0.5, 0.6) is 0 Å². The summed E-state index contributed by atoms with van der Waals surface area (Å²) >= 11 is 0. The largest absolute Gasteiger partial charge is 0.280 e. The van der Waals surface area contributed by atoms with Crippen molar-refractivity contribution in [3.05, 3.63) is 53.6 Å². The standard InChI is InChI=1S/C18H24N2O4S2/c1-5-20(6-2)26(23,24)18-11-9-17(10-12-18)25(21,22)19-16-8-7-14(3)15(4)13-16/h7-13,19H,5-6H2,1-4H3. The van der Waals surface area contributed by atoms with Crippen LogP contribution in [0.15, 0.2) is 52.3 Å². The number of aryl methyl sites for hydroxylation is 2. The zero-order chi connectivity index (χ0) is 19.5. The molecule has 0 aliphatic rings. The lowest BCUT2D eigenvalue weighted by Crippen LogP contribution is -2.30. The molecule has 2 aromatic carbocycles. The lowest BCUT2D eigenvalue weighted by atomic mass is 10.1. The Kier molecular flexibility index (Phi) is 6.10. The minimum atomic E-state index is -3.79. The number of hydrogen-bond acceptors (Lipinski definition) is 4. The van der Waals surface area contributed by atoms with E-state index in [1.165, 1.54) is 28.6 Å². The maximum Gasteiger partial charge on any atom is 0.261 e. The predicted molar refractivity (Wildman–Crippen MR) is 103 cm³/mol. The molecule has 0 aromatic heterocycles. The first-order valence-corrected chi connectivity index (χ1v) is 11.2. The fraction of sp³-hybridized carbons (Fsp3) is 0.333. The van der Waals surface area contributed by atoms with E-state index in [1.807, 2.05) is 19.9 Å². The summed E-state index contributed by atoms with van der Waals surface area (Å²) in [6, 6.07) is 10.5. The molecule has 6 nitrogen and oxygen atoms in total. The van der Waals surface area contributed by atoms with Crippen molar-refractivity contribution in [1.29, 1.82) is 0 Å². The van der Waals surface area contributed by atoms with Gasteiger partial charge in [0.1, 0.15) is 0 Å². The molecule has 0 aliphatic heterocycles. The first-order chi connectivity index (χ1) is 12.1. The van der Waals surface area contributed by atoms with Gasteiger partial charge in [-0.3, -0.25) is 4.72 Å². The second-order valence-corrected chi connectivity index (χ2v) is 9.59. The number of benzene rings is 2. The van der Waals surface area contributed by atoms with Gasteiger partial charge in [-0.25, -0.2) is 16.8 Å². The molecule has 142 valence electrons. The normalized spacial score (nSPS) is 12.3. The van der Waals surface area contributed by atoms with E-state index in [4.69, 9.17) is 0 Å². The second kappa shape index (κ2) is 7.77. The number of nitrogens with one attached hydrogen (secondary N) is 1. The summed E-state index contributed by atoms with van der Waals surface area (Å²) in [4.78, 5) is 0.0838. The fourth-order valence-electron chi connectivity index (χ4n) is 2.52. The van der Waals surface area contributed by atoms with Gasteiger partial charge >= 0.3 is 0 Å². The minimum absolute atomic E-state index is 0.00854. The van der Waals surface area contributed by atoms with Gasteiger partial charge in [-0.1, -0.05) is 19.9 Å². The molecule has 0 spiro atoms. The number of rotatable bonds is 7. The van der Waals surface area contributed by atoms with Gasteiger partial charge in [-0.2, -0.15) is 4.31 Å². The lowest BCUT2D eigenvalue weighted by molar-refractivity contribution is 0.445. The smallest absolute Gasteiger partial charge is 0.261 e. The molecule has 0 radical (unpaired) electrons. The third-order valence-corrected chi connectivity index (χ3v) is 7.70. The number of sulfonamides is 2. The summed E-state index contributed by atoms with van der Waals surface area (Å²) in [5.41, 5.74) is 2.51. The summed E-state index contributed by atoms with van der Waals surface area (Å²) in [7, 11) is -7.41. The quantitative estimate of drug-likeness (QED) is 0.779. The van der Waals surface area contributed by atoms with Crippen molar-refractivity contribution in [1.82, 2.24) is 4.31 Å². The van der Waals surface area contributed by atoms with Crippen molar-refractivity contribution in [2.24, 2.45) is 0 Å². The summed E-state index contributed by atoms with van der Waals surface area (Å²) in [6.45, 7) is 8.07. The predicted octanol–water partition coefficient (Wildman–Crippen LogP) is 3.13. The fourth-order valence-corrected chi connectivity index (χ4v) is 5.03. The van der Waals surface area contributed by atoms with E-state index in [0.717, 1.165) is 11.1 Å². The van der Waals surface area contributed by atoms with E-state index in [1.54, 1.807) is 26.0 Å². The highest BCUT2D eigenvalue weighted by Crippen LogP contribution is 2.21. The zero-order valence-electron chi connectivity index (χ0n) is 15.4. The molecule has 1 N–H and O–H groups in total. The van der Waals surface area contributed by atoms with Crippen molar-refractivity contribution in [3.8, 4) is 0 Å². The molecule has 26 heavy (non-hydrogen) atoms. The van der Waals surface area contributed by atoms with Gasteiger partial charge < -0.3 is 0 Å². The molecular weight excluding hydrogens is 372 g/mol. The topological polar surface area (TPSA) is 83.6 Å². The van der Waals surface area contributed by atoms with Gasteiger partial charge in [0.25, 0.3) is 10.0 Å². The Labute approximate surface area is 156 Å². The van der Waals surface area contributed by atoms with Crippen LogP contribution in [0.3, 0.4) is 0 Å². The Morgan fingerprint density at radius 1 is 0.808 bits per heavy atom. The molecule has 0 aliphatic carbocycles. The third kappa shape index (κ3) is 4.25.